The molecule has 0 saturated heterocycles. The number of ketones is 1. The van der Waals surface area contributed by atoms with Gasteiger partial charge in [-0.25, -0.2) is 4.98 Å². The Labute approximate surface area is 300 Å². The number of allylic oxidation sites excluding steroid dienone is 1. The lowest BCUT2D eigenvalue weighted by Gasteiger charge is -2.46. The van der Waals surface area contributed by atoms with E-state index < -0.39 is 34.3 Å². The number of ether oxygens (including phenoxy) is 1. The van der Waals surface area contributed by atoms with Crippen LogP contribution in [0.4, 0.5) is 0 Å². The summed E-state index contributed by atoms with van der Waals surface area (Å²) in [6.07, 6.45) is 6.45. The number of hydrogen-bond donors (Lipinski definition) is 0. The molecular weight excluding hydrogens is 651 g/mol. The Morgan fingerprint density at radius 2 is 1.56 bits per heavy atom. The normalized spacial score (nSPS) is 27.7. The van der Waals surface area contributed by atoms with Crippen LogP contribution in [0.25, 0.3) is 6.08 Å². The highest BCUT2D eigenvalue weighted by molar-refractivity contribution is 7.09. The Kier molecular flexibility index (Phi) is 14.5. The van der Waals surface area contributed by atoms with E-state index in [1.165, 1.54) is 5.57 Å². The van der Waals surface area contributed by atoms with Crippen LogP contribution in [0.2, 0.25) is 36.3 Å². The highest BCUT2D eigenvalue weighted by Gasteiger charge is 2.50. The van der Waals surface area contributed by atoms with E-state index in [-0.39, 0.29) is 46.2 Å². The number of Topliss-reactive ketones (excluding diaryl/α,β-unsaturated/α-hetero) is 1. The number of aryl methyl sites for hydroxylation is 1. The van der Waals surface area contributed by atoms with E-state index >= 15 is 0 Å². The summed E-state index contributed by atoms with van der Waals surface area (Å²) in [6, 6.07) is 0. The minimum atomic E-state index is -2.39. The van der Waals surface area contributed by atoms with Crippen LogP contribution in [-0.4, -0.2) is 51.7 Å². The molecule has 1 aliphatic heterocycles. The molecule has 1 aromatic rings. The average molecular weight is 720 g/mol. The Morgan fingerprint density at radius 3 is 2.08 bits per heavy atom. The third-order valence-electron chi connectivity index (χ3n) is 11.4. The van der Waals surface area contributed by atoms with Gasteiger partial charge >= 0.3 is 5.97 Å². The van der Waals surface area contributed by atoms with Crippen molar-refractivity contribution in [2.24, 2.45) is 17.3 Å². The lowest BCUT2D eigenvalue weighted by atomic mass is 9.73. The van der Waals surface area contributed by atoms with Gasteiger partial charge < -0.3 is 13.6 Å². The summed E-state index contributed by atoms with van der Waals surface area (Å²) in [5.74, 6) is -0.433. The molecule has 0 N–H and O–H groups in total. The Morgan fingerprint density at radius 1 is 1.00 bits per heavy atom. The van der Waals surface area contributed by atoms with Gasteiger partial charge in [0.05, 0.1) is 29.3 Å². The maximum absolute atomic E-state index is 14.8. The molecule has 0 aliphatic carbocycles. The predicted molar refractivity (Wildman–Crippen MR) is 208 cm³/mol. The first-order valence-electron chi connectivity index (χ1n) is 18.0. The number of thiazole rings is 1. The molecule has 6 nitrogen and oxygen atoms in total. The molecule has 1 aromatic heterocycles. The number of carbonyl (C=O) groups excluding carboxylic acids is 2. The van der Waals surface area contributed by atoms with Gasteiger partial charge in [0.15, 0.2) is 16.6 Å². The molecule has 0 bridgehead atoms. The van der Waals surface area contributed by atoms with Crippen molar-refractivity contribution >= 4 is 45.8 Å². The third kappa shape index (κ3) is 11.3. The minimum absolute atomic E-state index is 0.00354. The summed E-state index contributed by atoms with van der Waals surface area (Å²) in [5, 5.41) is 2.94. The molecule has 0 fully saturated rings. The molecule has 48 heavy (non-hydrogen) atoms. The van der Waals surface area contributed by atoms with Gasteiger partial charge in [-0.1, -0.05) is 80.9 Å². The zero-order valence-corrected chi connectivity index (χ0v) is 36.4. The van der Waals surface area contributed by atoms with Crippen LogP contribution < -0.4 is 0 Å². The quantitative estimate of drug-likeness (QED) is 0.165. The van der Waals surface area contributed by atoms with Gasteiger partial charge in [0.1, 0.15) is 11.9 Å². The molecule has 1 aliphatic rings. The first kappa shape index (κ1) is 42.8. The number of cyclic esters (lactones) is 1. The number of nitrogens with zero attached hydrogens (tertiary/aromatic N) is 1. The average Bonchev–Trinajstić information content (AvgIpc) is 3.34. The van der Waals surface area contributed by atoms with E-state index in [4.69, 9.17) is 13.6 Å². The molecule has 0 radical (unpaired) electrons. The van der Waals surface area contributed by atoms with Crippen molar-refractivity contribution in [1.82, 2.24) is 4.98 Å². The Bertz CT molecular complexity index is 1310. The van der Waals surface area contributed by atoms with Gasteiger partial charge in [0, 0.05) is 23.1 Å². The molecule has 2 rings (SSSR count). The second-order valence-corrected chi connectivity index (χ2v) is 28.7. The largest absolute Gasteiger partial charge is 0.457 e. The lowest BCUT2D eigenvalue weighted by Crippen LogP contribution is -2.54. The predicted octanol–water partition coefficient (Wildman–Crippen LogP) is 11.3. The van der Waals surface area contributed by atoms with Crippen molar-refractivity contribution in [1.29, 1.82) is 0 Å². The second-order valence-electron chi connectivity index (χ2n) is 18.1. The van der Waals surface area contributed by atoms with Crippen molar-refractivity contribution in [3.8, 4) is 0 Å². The highest BCUT2D eigenvalue weighted by Crippen LogP contribution is 2.44. The molecule has 0 spiro atoms. The topological polar surface area (TPSA) is 74.7 Å². The van der Waals surface area contributed by atoms with Crippen molar-refractivity contribution in [2.75, 3.05) is 0 Å². The summed E-state index contributed by atoms with van der Waals surface area (Å²) in [7, 11) is -4.58. The van der Waals surface area contributed by atoms with Crippen molar-refractivity contribution in [3.63, 3.8) is 0 Å². The van der Waals surface area contributed by atoms with E-state index in [1.807, 2.05) is 46.1 Å². The van der Waals surface area contributed by atoms with Crippen molar-refractivity contribution in [2.45, 2.75) is 177 Å². The Hall–Kier alpha value is -1.40. The number of hydrogen-bond acceptors (Lipinski definition) is 7. The zero-order chi connectivity index (χ0) is 37.0. The minimum Gasteiger partial charge on any atom is -0.457 e. The maximum atomic E-state index is 14.8. The molecular formula is C39H69NO5SSi2. The summed E-state index contributed by atoms with van der Waals surface area (Å²) in [4.78, 5) is 33.4. The van der Waals surface area contributed by atoms with Crippen molar-refractivity contribution in [3.05, 3.63) is 33.3 Å². The molecule has 0 amide bonds. The third-order valence-corrected chi connectivity index (χ3v) is 21.2. The summed E-state index contributed by atoms with van der Waals surface area (Å²) in [6.45, 7) is 36.6. The molecule has 274 valence electrons. The second kappa shape index (κ2) is 16.3. The van der Waals surface area contributed by atoms with Crippen LogP contribution >= 0.6 is 11.3 Å². The van der Waals surface area contributed by atoms with Crippen LogP contribution in [-0.2, 0) is 23.2 Å². The summed E-state index contributed by atoms with van der Waals surface area (Å²) in [5.41, 5.74) is 2.15. The fourth-order valence-electron chi connectivity index (χ4n) is 5.83. The van der Waals surface area contributed by atoms with E-state index in [0.29, 0.717) is 6.42 Å². The van der Waals surface area contributed by atoms with E-state index in [0.717, 1.165) is 35.5 Å². The zero-order valence-electron chi connectivity index (χ0n) is 33.6. The molecule has 0 aromatic carbocycles. The SMILES string of the molecule is C/C1=C/C[C@@H](/C(C)=C/c2csc(C)n2)OC(=O)C[C@H](O[Si](C)(C)C(C)(C)C)C(C)(C)C(=O)[C@H](C)[C@@H](O[Si](C)(C)C(C)(C)C)[C@@H](C)CCC1. The molecule has 0 saturated carbocycles. The maximum Gasteiger partial charge on any atom is 0.309 e. The molecule has 0 unspecified atom stereocenters. The van der Waals surface area contributed by atoms with Crippen LogP contribution in [0, 0.1) is 24.2 Å². The van der Waals surface area contributed by atoms with E-state index in [1.54, 1.807) is 11.3 Å². The standard InChI is InChI=1S/C39H69NO5SSi2/c1-26-19-18-20-27(2)35(45-48(16,17)38(9,10)11)29(4)36(42)39(12,13)33(44-47(14,15)37(6,7)8)24-34(41)43-32(22-21-26)28(3)23-31-25-46-30(5)40-31/h21,23,25,27,29,32-33,35H,18-20,22,24H2,1-17H3/b26-21-,28-23+/t27-,29+,32-,33-,35-/m0/s1. The van der Waals surface area contributed by atoms with Crippen LogP contribution in [0.15, 0.2) is 22.6 Å². The first-order chi connectivity index (χ1) is 21.7. The van der Waals surface area contributed by atoms with Gasteiger partial charge in [-0.2, -0.15) is 0 Å². The number of aromatic nitrogens is 1. The van der Waals surface area contributed by atoms with Crippen LogP contribution in [0.5, 0.6) is 0 Å². The van der Waals surface area contributed by atoms with Gasteiger partial charge in [0.2, 0.25) is 0 Å². The van der Waals surface area contributed by atoms with Crippen molar-refractivity contribution < 1.29 is 23.2 Å². The Balaban J connectivity index is 2.66. The van der Waals surface area contributed by atoms with Crippen LogP contribution in [0.3, 0.4) is 0 Å². The van der Waals surface area contributed by atoms with E-state index in [2.05, 4.69) is 92.6 Å². The molecule has 2 heterocycles. The summed E-state index contributed by atoms with van der Waals surface area (Å²) >= 11 is 1.61. The smallest absolute Gasteiger partial charge is 0.309 e. The number of carbonyl (C=O) groups is 2. The van der Waals surface area contributed by atoms with E-state index in [9.17, 15) is 9.59 Å². The highest BCUT2D eigenvalue weighted by atomic mass is 32.1. The van der Waals surface area contributed by atoms with Gasteiger partial charge in [-0.05, 0) is 93.9 Å². The first-order valence-corrected chi connectivity index (χ1v) is 24.7. The molecule has 5 atom stereocenters. The monoisotopic (exact) mass is 719 g/mol. The summed E-state index contributed by atoms with van der Waals surface area (Å²) < 4.78 is 20.5. The molecule has 9 heteroatoms. The fourth-order valence-corrected chi connectivity index (χ4v) is 9.32. The van der Waals surface area contributed by atoms with Crippen LogP contribution in [0.1, 0.15) is 126 Å². The number of esters is 1. The van der Waals surface area contributed by atoms with Gasteiger partial charge in [-0.3, -0.25) is 9.59 Å². The fraction of sp³-hybridized carbons (Fsp3) is 0.769. The van der Waals surface area contributed by atoms with Gasteiger partial charge in [-0.15, -0.1) is 11.3 Å². The lowest BCUT2D eigenvalue weighted by molar-refractivity contribution is -0.153. The number of rotatable bonds is 6. The van der Waals surface area contributed by atoms with Gasteiger partial charge in [0.25, 0.3) is 0 Å².